The van der Waals surface area contributed by atoms with E-state index >= 15 is 0 Å². The molecule has 1 fully saturated rings. The molecule has 37 heavy (non-hydrogen) atoms. The number of carbonyl (C=O) groups excluding carboxylic acids is 1. The number of carbonyl (C=O) groups is 2. The highest BCUT2D eigenvalue weighted by Crippen LogP contribution is 2.34. The maximum Gasteiger partial charge on any atom is 0.407 e. The van der Waals surface area contributed by atoms with Crippen molar-refractivity contribution in [2.45, 2.75) is 59.1 Å². The summed E-state index contributed by atoms with van der Waals surface area (Å²) in [6, 6.07) is 5.24. The molecule has 0 unspecified atom stereocenters. The number of amides is 1. The number of carboxylic acids is 1. The molecule has 3 aliphatic heterocycles. The van der Waals surface area contributed by atoms with Crippen LogP contribution in [0.25, 0.3) is 0 Å². The normalized spacial score (nSPS) is 18.2. The molecule has 2 N–H and O–H groups in total. The monoisotopic (exact) mass is 506 g/mol. The minimum Gasteiger partial charge on any atom is -0.478 e. The molecule has 0 bridgehead atoms. The van der Waals surface area contributed by atoms with Crippen molar-refractivity contribution in [3.63, 3.8) is 0 Å². The molecular weight excluding hydrogens is 472 g/mol. The SMILES string of the molecule is CC1(CNC(=O)OC(C)(C)C)CCN(c2cnc3c(n2)CN=C3N2CCc3cc(C(=O)O)ccc32)CC1. The van der Waals surface area contributed by atoms with E-state index in [1.807, 2.05) is 33.0 Å². The fourth-order valence-corrected chi connectivity index (χ4v) is 5.11. The van der Waals surface area contributed by atoms with Crippen molar-refractivity contribution in [3.8, 4) is 0 Å². The molecule has 3 aliphatic rings. The maximum absolute atomic E-state index is 12.1. The van der Waals surface area contributed by atoms with Crippen LogP contribution in [-0.4, -0.2) is 64.8 Å². The third kappa shape index (κ3) is 5.23. The van der Waals surface area contributed by atoms with Gasteiger partial charge in [0, 0.05) is 31.9 Å². The van der Waals surface area contributed by atoms with Crippen LogP contribution in [0.2, 0.25) is 0 Å². The van der Waals surface area contributed by atoms with Crippen LogP contribution < -0.4 is 15.1 Å². The van der Waals surface area contributed by atoms with Crippen molar-refractivity contribution >= 4 is 29.4 Å². The molecular formula is C27H34N6O4. The zero-order valence-electron chi connectivity index (χ0n) is 21.9. The topological polar surface area (TPSA) is 120 Å². The minimum atomic E-state index is -0.916. The number of alkyl carbamates (subject to hydrolysis) is 1. The number of fused-ring (bicyclic) bond motifs is 2. The number of anilines is 2. The van der Waals surface area contributed by atoms with E-state index in [-0.39, 0.29) is 11.5 Å². The second-order valence-corrected chi connectivity index (χ2v) is 11.4. The van der Waals surface area contributed by atoms with E-state index in [2.05, 4.69) is 22.0 Å². The molecule has 10 nitrogen and oxygen atoms in total. The van der Waals surface area contributed by atoms with Crippen molar-refractivity contribution in [1.29, 1.82) is 0 Å². The minimum absolute atomic E-state index is 0.00249. The number of rotatable bonds is 4. The van der Waals surface area contributed by atoms with Gasteiger partial charge in [-0.3, -0.25) is 4.99 Å². The first-order valence-corrected chi connectivity index (χ1v) is 12.8. The number of hydrogen-bond acceptors (Lipinski definition) is 8. The third-order valence-electron chi connectivity index (χ3n) is 7.25. The molecule has 0 aliphatic carbocycles. The highest BCUT2D eigenvalue weighted by atomic mass is 16.6. The van der Waals surface area contributed by atoms with Gasteiger partial charge in [-0.05, 0) is 69.2 Å². The van der Waals surface area contributed by atoms with Crippen LogP contribution in [0.4, 0.5) is 16.3 Å². The van der Waals surface area contributed by atoms with Gasteiger partial charge in [0.1, 0.15) is 17.1 Å². The number of nitrogens with one attached hydrogen (secondary N) is 1. The lowest BCUT2D eigenvalue weighted by Crippen LogP contribution is -2.46. The van der Waals surface area contributed by atoms with Crippen molar-refractivity contribution in [2.75, 3.05) is 36.0 Å². The number of nitrogens with zero attached hydrogens (tertiary/aromatic N) is 5. The van der Waals surface area contributed by atoms with E-state index in [0.29, 0.717) is 18.7 Å². The first-order chi connectivity index (χ1) is 17.5. The Morgan fingerprint density at radius 3 is 2.65 bits per heavy atom. The molecule has 1 saturated heterocycles. The Bertz CT molecular complexity index is 1260. The van der Waals surface area contributed by atoms with Gasteiger partial charge in [0.2, 0.25) is 0 Å². The van der Waals surface area contributed by atoms with E-state index in [4.69, 9.17) is 19.7 Å². The summed E-state index contributed by atoms with van der Waals surface area (Å²) >= 11 is 0. The number of aliphatic imine (C=N–C) groups is 1. The predicted molar refractivity (Wildman–Crippen MR) is 141 cm³/mol. The van der Waals surface area contributed by atoms with Crippen LogP contribution in [0.3, 0.4) is 0 Å². The molecule has 196 valence electrons. The molecule has 0 saturated carbocycles. The lowest BCUT2D eigenvalue weighted by Gasteiger charge is -2.40. The second-order valence-electron chi connectivity index (χ2n) is 11.4. The van der Waals surface area contributed by atoms with Gasteiger partial charge in [-0.15, -0.1) is 0 Å². The van der Waals surface area contributed by atoms with Crippen LogP contribution in [0.15, 0.2) is 29.4 Å². The van der Waals surface area contributed by atoms with Gasteiger partial charge in [-0.1, -0.05) is 6.92 Å². The smallest absolute Gasteiger partial charge is 0.407 e. The Hall–Kier alpha value is -3.69. The van der Waals surface area contributed by atoms with Crippen LogP contribution in [0.5, 0.6) is 0 Å². The number of carboxylic acid groups (broad SMARTS) is 1. The number of amidine groups is 1. The molecule has 2 aromatic rings. The molecule has 0 spiro atoms. The molecule has 5 rings (SSSR count). The largest absolute Gasteiger partial charge is 0.478 e. The number of aromatic carboxylic acids is 1. The average molecular weight is 507 g/mol. The van der Waals surface area contributed by atoms with Gasteiger partial charge in [0.15, 0.2) is 5.84 Å². The highest BCUT2D eigenvalue weighted by Gasteiger charge is 2.34. The second kappa shape index (κ2) is 9.32. The Labute approximate surface area is 216 Å². The predicted octanol–water partition coefficient (Wildman–Crippen LogP) is 3.63. The van der Waals surface area contributed by atoms with Crippen molar-refractivity contribution in [2.24, 2.45) is 10.4 Å². The van der Waals surface area contributed by atoms with Crippen molar-refractivity contribution in [3.05, 3.63) is 46.9 Å². The van der Waals surface area contributed by atoms with E-state index in [9.17, 15) is 14.7 Å². The Morgan fingerprint density at radius 1 is 1.19 bits per heavy atom. The first-order valence-electron chi connectivity index (χ1n) is 12.8. The summed E-state index contributed by atoms with van der Waals surface area (Å²) in [5.41, 5.74) is 3.45. The summed E-state index contributed by atoms with van der Waals surface area (Å²) in [6.07, 6.45) is 4.06. The summed E-state index contributed by atoms with van der Waals surface area (Å²) in [6.45, 7) is 11.2. The Morgan fingerprint density at radius 2 is 1.95 bits per heavy atom. The van der Waals surface area contributed by atoms with Gasteiger partial charge in [0.05, 0.1) is 24.0 Å². The third-order valence-corrected chi connectivity index (χ3v) is 7.25. The van der Waals surface area contributed by atoms with Gasteiger partial charge in [-0.2, -0.15) is 0 Å². The zero-order chi connectivity index (χ0) is 26.4. The number of piperidine rings is 1. The Balaban J connectivity index is 1.21. The molecule has 10 heteroatoms. The van der Waals surface area contributed by atoms with Crippen molar-refractivity contribution in [1.82, 2.24) is 15.3 Å². The van der Waals surface area contributed by atoms with Crippen LogP contribution in [-0.2, 0) is 17.7 Å². The molecule has 1 aromatic carbocycles. The molecule has 1 amide bonds. The van der Waals surface area contributed by atoms with Gasteiger partial charge >= 0.3 is 12.1 Å². The molecule has 0 radical (unpaired) electrons. The van der Waals surface area contributed by atoms with Crippen LogP contribution in [0.1, 0.15) is 67.8 Å². The number of ether oxygens (including phenoxy) is 1. The molecule has 0 atom stereocenters. The summed E-state index contributed by atoms with van der Waals surface area (Å²) in [5.74, 6) is 0.737. The maximum atomic E-state index is 12.1. The van der Waals surface area contributed by atoms with Crippen LogP contribution in [0, 0.1) is 5.41 Å². The van der Waals surface area contributed by atoms with E-state index in [0.717, 1.165) is 73.2 Å². The van der Waals surface area contributed by atoms with Gasteiger partial charge in [-0.25, -0.2) is 19.6 Å². The number of aromatic nitrogens is 2. The lowest BCUT2D eigenvalue weighted by molar-refractivity contribution is 0.0495. The summed E-state index contributed by atoms with van der Waals surface area (Å²) in [5, 5.41) is 12.2. The van der Waals surface area contributed by atoms with Crippen molar-refractivity contribution < 1.29 is 19.4 Å². The molecule has 1 aromatic heterocycles. The lowest BCUT2D eigenvalue weighted by atomic mass is 9.80. The summed E-state index contributed by atoms with van der Waals surface area (Å²) in [4.78, 5) is 42.2. The first kappa shape index (κ1) is 25.0. The summed E-state index contributed by atoms with van der Waals surface area (Å²) in [7, 11) is 0. The van der Waals surface area contributed by atoms with E-state index in [1.54, 1.807) is 12.1 Å². The van der Waals surface area contributed by atoms with Gasteiger partial charge in [0.25, 0.3) is 0 Å². The standard InChI is InChI=1S/C27H34N6O4/c1-26(2,3)37-25(36)30-16-27(4)8-11-32(12-9-27)21-15-28-22-19(31-21)14-29-23(22)33-10-7-17-13-18(24(34)35)5-6-20(17)33/h5-6,13,15H,7-12,14,16H2,1-4H3,(H,30,36)(H,34,35). The van der Waals surface area contributed by atoms with E-state index in [1.165, 1.54) is 0 Å². The highest BCUT2D eigenvalue weighted by molar-refractivity contribution is 6.12. The van der Waals surface area contributed by atoms with Crippen LogP contribution >= 0.6 is 0 Å². The summed E-state index contributed by atoms with van der Waals surface area (Å²) < 4.78 is 5.37. The molecule has 4 heterocycles. The quantitative estimate of drug-likeness (QED) is 0.645. The fourth-order valence-electron chi connectivity index (χ4n) is 5.11. The fraction of sp³-hybridized carbons (Fsp3) is 0.519. The van der Waals surface area contributed by atoms with Gasteiger partial charge < -0.3 is 25.0 Å². The van der Waals surface area contributed by atoms with E-state index < -0.39 is 11.6 Å². The Kier molecular flexibility index (Phi) is 6.29. The number of hydrogen-bond donors (Lipinski definition) is 2. The average Bonchev–Trinajstić information content (AvgIpc) is 3.45. The zero-order valence-corrected chi connectivity index (χ0v) is 21.9. The number of benzene rings is 1.